The van der Waals surface area contributed by atoms with E-state index in [1.807, 2.05) is 6.92 Å². The number of rotatable bonds is 5. The Balaban J connectivity index is 1.93. The van der Waals surface area contributed by atoms with Crippen molar-refractivity contribution in [1.82, 2.24) is 0 Å². The second-order valence-electron chi connectivity index (χ2n) is 6.82. The summed E-state index contributed by atoms with van der Waals surface area (Å²) in [6.45, 7) is 1.84. The average Bonchev–Trinajstić information content (AvgIpc) is 3.37. The minimum absolute atomic E-state index is 0.0213. The summed E-state index contributed by atoms with van der Waals surface area (Å²) in [5, 5.41) is 11.2. The zero-order valence-corrected chi connectivity index (χ0v) is 17.0. The zero-order valence-electron chi connectivity index (χ0n) is 16.3. The Hall–Kier alpha value is -3.51. The molecule has 7 heteroatoms. The number of ketones is 1. The number of benzene rings is 2. The van der Waals surface area contributed by atoms with Crippen molar-refractivity contribution in [2.75, 3.05) is 12.0 Å². The second-order valence-corrected chi connectivity index (χ2v) is 7.23. The van der Waals surface area contributed by atoms with Crippen molar-refractivity contribution in [3.8, 4) is 5.75 Å². The molecule has 152 valence electrons. The first-order chi connectivity index (χ1) is 14.4. The van der Waals surface area contributed by atoms with Crippen LogP contribution < -0.4 is 9.64 Å². The summed E-state index contributed by atoms with van der Waals surface area (Å²) in [6.07, 6.45) is 1.36. The Morgan fingerprint density at radius 2 is 1.93 bits per heavy atom. The van der Waals surface area contributed by atoms with E-state index in [2.05, 4.69) is 0 Å². The van der Waals surface area contributed by atoms with Crippen molar-refractivity contribution in [2.24, 2.45) is 0 Å². The van der Waals surface area contributed by atoms with Gasteiger partial charge in [0.05, 0.1) is 25.0 Å². The molecule has 1 unspecified atom stereocenters. The number of aryl methyl sites for hydroxylation is 1. The minimum atomic E-state index is -0.926. The molecule has 1 atom stereocenters. The van der Waals surface area contributed by atoms with Gasteiger partial charge in [0.15, 0.2) is 11.5 Å². The Morgan fingerprint density at radius 1 is 1.17 bits per heavy atom. The standard InChI is InChI=1S/C23H18ClNO5/c1-13-9-10-14(12-16(13)24)25-20(15-6-3-4-7-17(15)29-2)19(22(27)23(25)28)21(26)18-8-5-11-30-18/h3-12,20,27H,1-2H3. The van der Waals surface area contributed by atoms with Crippen LogP contribution in [0.4, 0.5) is 5.69 Å². The molecular weight excluding hydrogens is 406 g/mol. The number of aliphatic hydroxyl groups excluding tert-OH is 1. The molecule has 0 saturated heterocycles. The molecule has 2 aromatic carbocycles. The molecule has 1 amide bonds. The number of para-hydroxylation sites is 1. The molecule has 1 aliphatic heterocycles. The third kappa shape index (κ3) is 3.15. The Labute approximate surface area is 177 Å². The number of aliphatic hydroxyl groups is 1. The number of methoxy groups -OCH3 is 1. The number of halogens is 1. The van der Waals surface area contributed by atoms with E-state index in [-0.39, 0.29) is 11.3 Å². The van der Waals surface area contributed by atoms with Gasteiger partial charge in [0.25, 0.3) is 5.91 Å². The third-order valence-electron chi connectivity index (χ3n) is 5.06. The lowest BCUT2D eigenvalue weighted by molar-refractivity contribution is -0.117. The first-order valence-corrected chi connectivity index (χ1v) is 9.55. The normalized spacial score (nSPS) is 16.3. The van der Waals surface area contributed by atoms with Gasteiger partial charge in [-0.15, -0.1) is 0 Å². The second kappa shape index (κ2) is 7.72. The molecule has 0 bridgehead atoms. The first-order valence-electron chi connectivity index (χ1n) is 9.18. The molecule has 0 fully saturated rings. The van der Waals surface area contributed by atoms with E-state index in [0.29, 0.717) is 22.0 Å². The highest BCUT2D eigenvalue weighted by atomic mass is 35.5. The molecular formula is C23H18ClNO5. The monoisotopic (exact) mass is 423 g/mol. The molecule has 0 saturated carbocycles. The number of carbonyl (C=O) groups excluding carboxylic acids is 2. The molecule has 3 aromatic rings. The fourth-order valence-electron chi connectivity index (χ4n) is 3.56. The Bertz CT molecular complexity index is 1170. The van der Waals surface area contributed by atoms with Gasteiger partial charge in [-0.05, 0) is 42.8 Å². The van der Waals surface area contributed by atoms with Crippen molar-refractivity contribution in [2.45, 2.75) is 13.0 Å². The average molecular weight is 424 g/mol. The number of nitrogens with zero attached hydrogens (tertiary/aromatic N) is 1. The lowest BCUT2D eigenvalue weighted by Crippen LogP contribution is -2.31. The molecule has 1 N–H and O–H groups in total. The van der Waals surface area contributed by atoms with Crippen LogP contribution in [0.5, 0.6) is 5.75 Å². The number of amides is 1. The highest BCUT2D eigenvalue weighted by Crippen LogP contribution is 2.45. The maximum atomic E-state index is 13.2. The van der Waals surface area contributed by atoms with Crippen LogP contribution in [0, 0.1) is 6.92 Å². The summed E-state index contributed by atoms with van der Waals surface area (Å²) < 4.78 is 10.7. The van der Waals surface area contributed by atoms with Crippen LogP contribution in [-0.4, -0.2) is 23.9 Å². The van der Waals surface area contributed by atoms with Crippen molar-refractivity contribution < 1.29 is 23.8 Å². The van der Waals surface area contributed by atoms with Gasteiger partial charge in [0, 0.05) is 16.3 Å². The predicted molar refractivity (Wildman–Crippen MR) is 112 cm³/mol. The number of carbonyl (C=O) groups is 2. The minimum Gasteiger partial charge on any atom is -0.503 e. The summed E-state index contributed by atoms with van der Waals surface area (Å²) in [5.41, 5.74) is 1.74. The molecule has 0 radical (unpaired) electrons. The van der Waals surface area contributed by atoms with Gasteiger partial charge < -0.3 is 14.3 Å². The third-order valence-corrected chi connectivity index (χ3v) is 5.47. The van der Waals surface area contributed by atoms with Gasteiger partial charge in [-0.1, -0.05) is 35.9 Å². The molecule has 4 rings (SSSR count). The van der Waals surface area contributed by atoms with Gasteiger partial charge in [-0.25, -0.2) is 0 Å². The molecule has 2 heterocycles. The molecule has 6 nitrogen and oxygen atoms in total. The number of anilines is 1. The SMILES string of the molecule is COc1ccccc1C1C(C(=O)c2ccco2)=C(O)C(=O)N1c1ccc(C)c(Cl)c1. The van der Waals surface area contributed by atoms with E-state index in [1.165, 1.54) is 24.3 Å². The number of ether oxygens (including phenoxy) is 1. The lowest BCUT2D eigenvalue weighted by atomic mass is 9.94. The number of Topliss-reactive ketones (excluding diaryl/α,β-unsaturated/α-hetero) is 1. The predicted octanol–water partition coefficient (Wildman–Crippen LogP) is 5.03. The summed E-state index contributed by atoms with van der Waals surface area (Å²) >= 11 is 6.29. The van der Waals surface area contributed by atoms with E-state index < -0.39 is 23.5 Å². The smallest absolute Gasteiger partial charge is 0.294 e. The van der Waals surface area contributed by atoms with Crippen LogP contribution in [0.1, 0.15) is 27.7 Å². The number of hydrogen-bond acceptors (Lipinski definition) is 5. The van der Waals surface area contributed by atoms with Gasteiger partial charge in [-0.3, -0.25) is 14.5 Å². The molecule has 0 aliphatic carbocycles. The van der Waals surface area contributed by atoms with Crippen molar-refractivity contribution >= 4 is 29.0 Å². The number of hydrogen-bond donors (Lipinski definition) is 1. The van der Waals surface area contributed by atoms with Gasteiger partial charge >= 0.3 is 0 Å². The van der Waals surface area contributed by atoms with Gasteiger partial charge in [0.1, 0.15) is 5.75 Å². The van der Waals surface area contributed by atoms with E-state index in [4.69, 9.17) is 20.8 Å². The molecule has 30 heavy (non-hydrogen) atoms. The van der Waals surface area contributed by atoms with Crippen molar-refractivity contribution in [3.63, 3.8) is 0 Å². The topological polar surface area (TPSA) is 80.0 Å². The van der Waals surface area contributed by atoms with E-state index >= 15 is 0 Å². The fraction of sp³-hybridized carbons (Fsp3) is 0.130. The molecule has 1 aliphatic rings. The summed E-state index contributed by atoms with van der Waals surface area (Å²) in [7, 11) is 1.50. The first kappa shape index (κ1) is 19.8. The summed E-state index contributed by atoms with van der Waals surface area (Å²) in [4.78, 5) is 27.7. The largest absolute Gasteiger partial charge is 0.503 e. The maximum Gasteiger partial charge on any atom is 0.294 e. The van der Waals surface area contributed by atoms with Crippen LogP contribution >= 0.6 is 11.6 Å². The molecule has 0 spiro atoms. The Kier molecular flexibility index (Phi) is 5.10. The van der Waals surface area contributed by atoms with Gasteiger partial charge in [-0.2, -0.15) is 0 Å². The Morgan fingerprint density at radius 3 is 2.60 bits per heavy atom. The highest BCUT2D eigenvalue weighted by Gasteiger charge is 2.46. The van der Waals surface area contributed by atoms with Crippen LogP contribution in [0.3, 0.4) is 0 Å². The number of furan rings is 1. The van der Waals surface area contributed by atoms with E-state index in [1.54, 1.807) is 48.5 Å². The van der Waals surface area contributed by atoms with Crippen LogP contribution in [0.2, 0.25) is 5.02 Å². The van der Waals surface area contributed by atoms with Crippen LogP contribution in [-0.2, 0) is 4.79 Å². The highest BCUT2D eigenvalue weighted by molar-refractivity contribution is 6.31. The van der Waals surface area contributed by atoms with Gasteiger partial charge in [0.2, 0.25) is 5.78 Å². The summed E-state index contributed by atoms with van der Waals surface area (Å²) in [5.74, 6) is -1.43. The van der Waals surface area contributed by atoms with Crippen molar-refractivity contribution in [1.29, 1.82) is 0 Å². The van der Waals surface area contributed by atoms with E-state index in [0.717, 1.165) is 5.56 Å². The maximum absolute atomic E-state index is 13.2. The quantitative estimate of drug-likeness (QED) is 0.582. The van der Waals surface area contributed by atoms with E-state index in [9.17, 15) is 14.7 Å². The molecule has 1 aromatic heterocycles. The van der Waals surface area contributed by atoms with Crippen LogP contribution in [0.25, 0.3) is 0 Å². The lowest BCUT2D eigenvalue weighted by Gasteiger charge is -2.28. The van der Waals surface area contributed by atoms with Crippen LogP contribution in [0.15, 0.2) is 76.6 Å². The summed E-state index contributed by atoms with van der Waals surface area (Å²) in [6, 6.07) is 14.3. The van der Waals surface area contributed by atoms with Crippen molar-refractivity contribution in [3.05, 3.63) is 94.1 Å². The zero-order chi connectivity index (χ0) is 21.4. The fourth-order valence-corrected chi connectivity index (χ4v) is 3.74.